The molecule has 0 saturated heterocycles. The SMILES string of the molecule is CCOC(CNc1ccc(Cl)cc1I)OCC. The van der Waals surface area contributed by atoms with Crippen molar-refractivity contribution in [2.45, 2.75) is 20.1 Å². The van der Waals surface area contributed by atoms with E-state index in [4.69, 9.17) is 21.1 Å². The van der Waals surface area contributed by atoms with E-state index in [0.29, 0.717) is 19.8 Å². The molecule has 1 aromatic carbocycles. The first-order valence-electron chi connectivity index (χ1n) is 5.59. The van der Waals surface area contributed by atoms with Gasteiger partial charge in [-0.1, -0.05) is 11.6 Å². The van der Waals surface area contributed by atoms with E-state index in [1.165, 1.54) is 0 Å². The maximum atomic E-state index is 5.90. The lowest BCUT2D eigenvalue weighted by molar-refractivity contribution is -0.126. The molecular weight excluding hydrogens is 352 g/mol. The zero-order valence-electron chi connectivity index (χ0n) is 10.0. The number of nitrogens with one attached hydrogen (secondary N) is 1. The fraction of sp³-hybridized carbons (Fsp3) is 0.500. The summed E-state index contributed by atoms with van der Waals surface area (Å²) in [7, 11) is 0. The number of ether oxygens (including phenoxy) is 2. The van der Waals surface area contributed by atoms with Crippen LogP contribution in [-0.4, -0.2) is 26.0 Å². The van der Waals surface area contributed by atoms with Gasteiger partial charge in [-0.05, 0) is 54.6 Å². The Morgan fingerprint density at radius 2 is 1.94 bits per heavy atom. The molecule has 5 heteroatoms. The first kappa shape index (κ1) is 15.0. The number of rotatable bonds is 7. The summed E-state index contributed by atoms with van der Waals surface area (Å²) >= 11 is 8.14. The van der Waals surface area contributed by atoms with Crippen LogP contribution in [0.1, 0.15) is 13.8 Å². The summed E-state index contributed by atoms with van der Waals surface area (Å²) in [4.78, 5) is 0. The zero-order valence-corrected chi connectivity index (χ0v) is 12.9. The van der Waals surface area contributed by atoms with Crippen molar-refractivity contribution in [2.24, 2.45) is 0 Å². The van der Waals surface area contributed by atoms with Gasteiger partial charge in [-0.2, -0.15) is 0 Å². The predicted molar refractivity (Wildman–Crippen MR) is 79.7 cm³/mol. The third kappa shape index (κ3) is 5.42. The van der Waals surface area contributed by atoms with Gasteiger partial charge in [-0.25, -0.2) is 0 Å². The number of anilines is 1. The molecule has 0 radical (unpaired) electrons. The van der Waals surface area contributed by atoms with Gasteiger partial charge in [-0.15, -0.1) is 0 Å². The topological polar surface area (TPSA) is 30.5 Å². The van der Waals surface area contributed by atoms with Crippen molar-refractivity contribution in [1.82, 2.24) is 0 Å². The second-order valence-corrected chi connectivity index (χ2v) is 4.94. The van der Waals surface area contributed by atoms with Crippen LogP contribution in [-0.2, 0) is 9.47 Å². The van der Waals surface area contributed by atoms with Crippen LogP contribution in [0.2, 0.25) is 5.02 Å². The number of hydrogen-bond acceptors (Lipinski definition) is 3. The quantitative estimate of drug-likeness (QED) is 0.586. The normalized spacial score (nSPS) is 10.9. The molecular formula is C12H17ClINO2. The summed E-state index contributed by atoms with van der Waals surface area (Å²) in [5.74, 6) is 0. The van der Waals surface area contributed by atoms with E-state index in [9.17, 15) is 0 Å². The molecule has 17 heavy (non-hydrogen) atoms. The molecule has 0 aliphatic rings. The van der Waals surface area contributed by atoms with Crippen LogP contribution in [0.25, 0.3) is 0 Å². The maximum absolute atomic E-state index is 5.90. The lowest BCUT2D eigenvalue weighted by atomic mass is 10.3. The van der Waals surface area contributed by atoms with E-state index < -0.39 is 0 Å². The van der Waals surface area contributed by atoms with Gasteiger partial charge in [0.25, 0.3) is 0 Å². The van der Waals surface area contributed by atoms with Crippen LogP contribution in [0, 0.1) is 3.57 Å². The minimum atomic E-state index is -0.212. The van der Waals surface area contributed by atoms with Gasteiger partial charge in [-0.3, -0.25) is 0 Å². The minimum Gasteiger partial charge on any atom is -0.379 e. The largest absolute Gasteiger partial charge is 0.379 e. The maximum Gasteiger partial charge on any atom is 0.174 e. The molecule has 1 aromatic rings. The number of hydrogen-bond donors (Lipinski definition) is 1. The molecule has 0 heterocycles. The van der Waals surface area contributed by atoms with Gasteiger partial charge in [0, 0.05) is 27.5 Å². The first-order chi connectivity index (χ1) is 8.17. The van der Waals surface area contributed by atoms with Crippen molar-refractivity contribution in [3.8, 4) is 0 Å². The van der Waals surface area contributed by atoms with Crippen molar-refractivity contribution in [3.05, 3.63) is 26.8 Å². The van der Waals surface area contributed by atoms with Gasteiger partial charge in [0.15, 0.2) is 6.29 Å². The molecule has 0 fully saturated rings. The van der Waals surface area contributed by atoms with Crippen LogP contribution in [0.3, 0.4) is 0 Å². The summed E-state index contributed by atoms with van der Waals surface area (Å²) in [6.45, 7) is 5.82. The molecule has 0 amide bonds. The summed E-state index contributed by atoms with van der Waals surface area (Å²) in [6.07, 6.45) is -0.212. The molecule has 0 unspecified atom stereocenters. The smallest absolute Gasteiger partial charge is 0.174 e. The van der Waals surface area contributed by atoms with Gasteiger partial charge in [0.05, 0.1) is 6.54 Å². The Bertz CT molecular complexity index is 343. The minimum absolute atomic E-state index is 0.212. The van der Waals surface area contributed by atoms with Gasteiger partial charge in [0.1, 0.15) is 0 Å². The van der Waals surface area contributed by atoms with Crippen LogP contribution < -0.4 is 5.32 Å². The highest BCUT2D eigenvalue weighted by atomic mass is 127. The Hall–Kier alpha value is -0.0400. The van der Waals surface area contributed by atoms with Crippen LogP contribution in [0.5, 0.6) is 0 Å². The Kier molecular flexibility index (Phi) is 7.18. The Morgan fingerprint density at radius 1 is 1.29 bits per heavy atom. The second kappa shape index (κ2) is 8.13. The average molecular weight is 370 g/mol. The van der Waals surface area contributed by atoms with E-state index in [2.05, 4.69) is 27.9 Å². The Morgan fingerprint density at radius 3 is 2.47 bits per heavy atom. The number of benzene rings is 1. The van der Waals surface area contributed by atoms with Gasteiger partial charge in [0.2, 0.25) is 0 Å². The molecule has 0 aliphatic heterocycles. The molecule has 0 bridgehead atoms. The van der Waals surface area contributed by atoms with Crippen LogP contribution in [0.15, 0.2) is 18.2 Å². The lowest BCUT2D eigenvalue weighted by Gasteiger charge is -2.18. The van der Waals surface area contributed by atoms with E-state index >= 15 is 0 Å². The highest BCUT2D eigenvalue weighted by Crippen LogP contribution is 2.22. The molecule has 1 rings (SSSR count). The molecule has 0 aromatic heterocycles. The molecule has 0 saturated carbocycles. The van der Waals surface area contributed by atoms with Crippen molar-refractivity contribution in [1.29, 1.82) is 0 Å². The summed E-state index contributed by atoms with van der Waals surface area (Å²) in [5.41, 5.74) is 1.04. The predicted octanol–water partition coefficient (Wildman–Crippen LogP) is 3.76. The lowest BCUT2D eigenvalue weighted by Crippen LogP contribution is -2.26. The van der Waals surface area contributed by atoms with Crippen molar-refractivity contribution in [2.75, 3.05) is 25.1 Å². The van der Waals surface area contributed by atoms with E-state index in [1.807, 2.05) is 32.0 Å². The second-order valence-electron chi connectivity index (χ2n) is 3.35. The van der Waals surface area contributed by atoms with E-state index in [0.717, 1.165) is 14.3 Å². The third-order valence-corrected chi connectivity index (χ3v) is 3.22. The summed E-state index contributed by atoms with van der Waals surface area (Å²) < 4.78 is 12.0. The molecule has 0 spiro atoms. The Labute approximate surface area is 121 Å². The molecule has 0 atom stereocenters. The fourth-order valence-electron chi connectivity index (χ4n) is 1.36. The van der Waals surface area contributed by atoms with Crippen molar-refractivity contribution >= 4 is 39.9 Å². The van der Waals surface area contributed by atoms with Crippen LogP contribution >= 0.6 is 34.2 Å². The molecule has 1 N–H and O–H groups in total. The fourth-order valence-corrected chi connectivity index (χ4v) is 2.43. The highest BCUT2D eigenvalue weighted by Gasteiger charge is 2.08. The van der Waals surface area contributed by atoms with Crippen LogP contribution in [0.4, 0.5) is 5.69 Å². The average Bonchev–Trinajstić information content (AvgIpc) is 2.28. The third-order valence-electron chi connectivity index (χ3n) is 2.10. The highest BCUT2D eigenvalue weighted by molar-refractivity contribution is 14.1. The standard InChI is InChI=1S/C12H17ClINO2/c1-3-16-12(17-4-2)8-15-11-6-5-9(13)7-10(11)14/h5-7,12,15H,3-4,8H2,1-2H3. The van der Waals surface area contributed by atoms with Crippen molar-refractivity contribution < 1.29 is 9.47 Å². The zero-order chi connectivity index (χ0) is 12.7. The number of halogens is 2. The van der Waals surface area contributed by atoms with E-state index in [1.54, 1.807) is 0 Å². The summed E-state index contributed by atoms with van der Waals surface area (Å²) in [5, 5.41) is 4.04. The molecule has 96 valence electrons. The molecule has 0 aliphatic carbocycles. The Balaban J connectivity index is 2.52. The first-order valence-corrected chi connectivity index (χ1v) is 7.05. The summed E-state index contributed by atoms with van der Waals surface area (Å²) in [6, 6.07) is 5.74. The van der Waals surface area contributed by atoms with Gasteiger partial charge < -0.3 is 14.8 Å². The van der Waals surface area contributed by atoms with E-state index in [-0.39, 0.29) is 6.29 Å². The molecule has 3 nitrogen and oxygen atoms in total. The van der Waals surface area contributed by atoms with Crippen molar-refractivity contribution in [3.63, 3.8) is 0 Å². The monoisotopic (exact) mass is 369 g/mol. The van der Waals surface area contributed by atoms with Gasteiger partial charge >= 0.3 is 0 Å².